The van der Waals surface area contributed by atoms with E-state index >= 15 is 0 Å². The first-order valence-corrected chi connectivity index (χ1v) is 6.70. The molecule has 0 amide bonds. The molecule has 2 nitrogen and oxygen atoms in total. The molecule has 1 atom stereocenters. The summed E-state index contributed by atoms with van der Waals surface area (Å²) in [6.45, 7) is 5.47. The summed E-state index contributed by atoms with van der Waals surface area (Å²) < 4.78 is 13.7. The van der Waals surface area contributed by atoms with Gasteiger partial charge in [-0.05, 0) is 44.5 Å². The first kappa shape index (κ1) is 15.4. The lowest BCUT2D eigenvalue weighted by Gasteiger charge is -2.24. The minimum absolute atomic E-state index is 0.104. The average Bonchev–Trinajstić information content (AvgIpc) is 2.31. The molecule has 0 heterocycles. The maximum absolute atomic E-state index is 13.7. The normalized spacial score (nSPS) is 14.5. The van der Waals surface area contributed by atoms with Gasteiger partial charge in [-0.2, -0.15) is 0 Å². The lowest BCUT2D eigenvalue weighted by molar-refractivity contribution is 0.0507. The SMILES string of the molecule is CCCNCCC(C)(O)Cc1cccc(Cl)c1F. The molecular weight excluding hydrogens is 253 g/mol. The minimum Gasteiger partial charge on any atom is -0.390 e. The van der Waals surface area contributed by atoms with E-state index in [4.69, 9.17) is 11.6 Å². The largest absolute Gasteiger partial charge is 0.390 e. The summed E-state index contributed by atoms with van der Waals surface area (Å²) in [7, 11) is 0. The van der Waals surface area contributed by atoms with Crippen LogP contribution in [0.15, 0.2) is 18.2 Å². The van der Waals surface area contributed by atoms with Gasteiger partial charge in [0.1, 0.15) is 5.82 Å². The van der Waals surface area contributed by atoms with E-state index in [0.29, 0.717) is 12.0 Å². The predicted octanol–water partition coefficient (Wildman–Crippen LogP) is 3.16. The molecule has 4 heteroatoms. The second-order valence-electron chi connectivity index (χ2n) is 4.89. The number of benzene rings is 1. The highest BCUT2D eigenvalue weighted by molar-refractivity contribution is 6.30. The van der Waals surface area contributed by atoms with Crippen molar-refractivity contribution in [3.63, 3.8) is 0 Å². The third-order valence-electron chi connectivity index (χ3n) is 2.87. The Morgan fingerprint density at radius 2 is 2.11 bits per heavy atom. The molecule has 0 saturated carbocycles. The summed E-state index contributed by atoms with van der Waals surface area (Å²) in [6, 6.07) is 4.87. The Kier molecular flexibility index (Phi) is 6.06. The quantitative estimate of drug-likeness (QED) is 0.748. The van der Waals surface area contributed by atoms with Crippen LogP contribution in [0.3, 0.4) is 0 Å². The van der Waals surface area contributed by atoms with Gasteiger partial charge in [-0.1, -0.05) is 30.7 Å². The van der Waals surface area contributed by atoms with Gasteiger partial charge in [-0.15, -0.1) is 0 Å². The highest BCUT2D eigenvalue weighted by Crippen LogP contribution is 2.23. The van der Waals surface area contributed by atoms with Crippen molar-refractivity contribution in [2.75, 3.05) is 13.1 Å². The highest BCUT2D eigenvalue weighted by Gasteiger charge is 2.22. The van der Waals surface area contributed by atoms with Gasteiger partial charge in [-0.25, -0.2) is 4.39 Å². The molecule has 1 aromatic rings. The third-order valence-corrected chi connectivity index (χ3v) is 3.16. The summed E-state index contributed by atoms with van der Waals surface area (Å²) in [4.78, 5) is 0. The summed E-state index contributed by atoms with van der Waals surface area (Å²) in [5, 5.41) is 13.6. The smallest absolute Gasteiger partial charge is 0.145 e. The van der Waals surface area contributed by atoms with Crippen molar-refractivity contribution >= 4 is 11.6 Å². The van der Waals surface area contributed by atoms with Crippen molar-refractivity contribution in [2.45, 2.75) is 38.7 Å². The number of aliphatic hydroxyl groups is 1. The van der Waals surface area contributed by atoms with E-state index < -0.39 is 11.4 Å². The molecule has 102 valence electrons. The van der Waals surface area contributed by atoms with Crippen LogP contribution in [-0.2, 0) is 6.42 Å². The fraction of sp³-hybridized carbons (Fsp3) is 0.571. The van der Waals surface area contributed by atoms with Crippen molar-refractivity contribution in [1.82, 2.24) is 5.32 Å². The number of halogens is 2. The van der Waals surface area contributed by atoms with E-state index in [9.17, 15) is 9.50 Å². The zero-order valence-corrected chi connectivity index (χ0v) is 11.7. The first-order chi connectivity index (χ1) is 8.46. The second-order valence-corrected chi connectivity index (χ2v) is 5.29. The first-order valence-electron chi connectivity index (χ1n) is 6.32. The van der Waals surface area contributed by atoms with Crippen molar-refractivity contribution < 1.29 is 9.50 Å². The summed E-state index contributed by atoms with van der Waals surface area (Å²) in [5.41, 5.74) is -0.463. The molecule has 0 spiro atoms. The van der Waals surface area contributed by atoms with Crippen LogP contribution in [0.5, 0.6) is 0 Å². The number of hydrogen-bond donors (Lipinski definition) is 2. The lowest BCUT2D eigenvalue weighted by atomic mass is 9.93. The molecule has 1 aromatic carbocycles. The van der Waals surface area contributed by atoms with Crippen LogP contribution in [0.2, 0.25) is 5.02 Å². The molecule has 18 heavy (non-hydrogen) atoms. The van der Waals surface area contributed by atoms with Gasteiger partial charge in [-0.3, -0.25) is 0 Å². The minimum atomic E-state index is -0.924. The zero-order valence-electron chi connectivity index (χ0n) is 11.0. The van der Waals surface area contributed by atoms with Crippen molar-refractivity contribution in [1.29, 1.82) is 0 Å². The predicted molar refractivity (Wildman–Crippen MR) is 73.5 cm³/mol. The molecule has 0 bridgehead atoms. The van der Waals surface area contributed by atoms with Crippen LogP contribution in [-0.4, -0.2) is 23.8 Å². The Labute approximate surface area is 113 Å². The third kappa shape index (κ3) is 4.92. The van der Waals surface area contributed by atoms with Gasteiger partial charge >= 0.3 is 0 Å². The van der Waals surface area contributed by atoms with Crippen LogP contribution >= 0.6 is 11.6 Å². The van der Waals surface area contributed by atoms with Crippen molar-refractivity contribution in [3.8, 4) is 0 Å². The molecule has 0 fully saturated rings. The van der Waals surface area contributed by atoms with E-state index in [1.165, 1.54) is 6.07 Å². The molecule has 0 aliphatic carbocycles. The zero-order chi connectivity index (χ0) is 13.6. The van der Waals surface area contributed by atoms with Gasteiger partial charge in [0.2, 0.25) is 0 Å². The van der Waals surface area contributed by atoms with Crippen LogP contribution in [0.4, 0.5) is 4.39 Å². The van der Waals surface area contributed by atoms with E-state index in [-0.39, 0.29) is 11.4 Å². The maximum atomic E-state index is 13.7. The van der Waals surface area contributed by atoms with E-state index in [2.05, 4.69) is 12.2 Å². The van der Waals surface area contributed by atoms with Gasteiger partial charge in [0.05, 0.1) is 10.6 Å². The van der Waals surface area contributed by atoms with Gasteiger partial charge < -0.3 is 10.4 Å². The number of nitrogens with one attached hydrogen (secondary N) is 1. The van der Waals surface area contributed by atoms with E-state index in [1.807, 2.05) is 0 Å². The molecule has 0 radical (unpaired) electrons. The fourth-order valence-corrected chi connectivity index (χ4v) is 2.04. The van der Waals surface area contributed by atoms with Gasteiger partial charge in [0.15, 0.2) is 0 Å². The molecule has 0 aliphatic heterocycles. The Bertz CT molecular complexity index is 382. The topological polar surface area (TPSA) is 32.3 Å². The Balaban J connectivity index is 2.56. The molecule has 0 saturated heterocycles. The van der Waals surface area contributed by atoms with Crippen molar-refractivity contribution in [2.24, 2.45) is 0 Å². The summed E-state index contributed by atoms with van der Waals surface area (Å²) >= 11 is 5.72. The molecule has 1 rings (SSSR count). The standard InChI is InChI=1S/C14H21ClFNO/c1-3-8-17-9-7-14(2,18)10-11-5-4-6-12(15)13(11)16/h4-6,17-18H,3,7-10H2,1-2H3. The van der Waals surface area contributed by atoms with Crippen molar-refractivity contribution in [3.05, 3.63) is 34.6 Å². The van der Waals surface area contributed by atoms with Crippen LogP contribution in [0.1, 0.15) is 32.3 Å². The lowest BCUT2D eigenvalue weighted by Crippen LogP contribution is -2.32. The number of rotatable bonds is 7. The summed E-state index contributed by atoms with van der Waals surface area (Å²) in [6.07, 6.45) is 1.91. The van der Waals surface area contributed by atoms with Gasteiger partial charge in [0, 0.05) is 6.42 Å². The molecule has 1 unspecified atom stereocenters. The van der Waals surface area contributed by atoms with E-state index in [1.54, 1.807) is 19.1 Å². The highest BCUT2D eigenvalue weighted by atomic mass is 35.5. The second kappa shape index (κ2) is 7.07. The van der Waals surface area contributed by atoms with Gasteiger partial charge in [0.25, 0.3) is 0 Å². The van der Waals surface area contributed by atoms with Crippen LogP contribution < -0.4 is 5.32 Å². The van der Waals surface area contributed by atoms with Crippen LogP contribution in [0, 0.1) is 5.82 Å². The Morgan fingerprint density at radius 1 is 1.39 bits per heavy atom. The van der Waals surface area contributed by atoms with E-state index in [0.717, 1.165) is 19.5 Å². The maximum Gasteiger partial charge on any atom is 0.145 e. The Hall–Kier alpha value is -0.640. The molecule has 2 N–H and O–H groups in total. The monoisotopic (exact) mass is 273 g/mol. The molecule has 0 aromatic heterocycles. The van der Waals surface area contributed by atoms with Crippen LogP contribution in [0.25, 0.3) is 0 Å². The fourth-order valence-electron chi connectivity index (χ4n) is 1.84. The molecule has 0 aliphatic rings. The number of hydrogen-bond acceptors (Lipinski definition) is 2. The Morgan fingerprint density at radius 3 is 2.78 bits per heavy atom. The summed E-state index contributed by atoms with van der Waals surface area (Å²) in [5.74, 6) is -0.430. The molecular formula is C14H21ClFNO. The average molecular weight is 274 g/mol.